The molecule has 1 aromatic rings. The summed E-state index contributed by atoms with van der Waals surface area (Å²) in [6.07, 6.45) is 6.79. The molecule has 102 valence electrons. The molecule has 1 aromatic heterocycles. The Morgan fingerprint density at radius 2 is 2.16 bits per heavy atom. The van der Waals surface area contributed by atoms with Gasteiger partial charge in [0.15, 0.2) is 0 Å². The molecule has 5 nitrogen and oxygen atoms in total. The van der Waals surface area contributed by atoms with Crippen LogP contribution in [0.2, 0.25) is 0 Å². The van der Waals surface area contributed by atoms with Gasteiger partial charge >= 0.3 is 0 Å². The Bertz CT molecular complexity index is 459. The molecular formula is C14H21N5. The molecule has 0 spiro atoms. The van der Waals surface area contributed by atoms with Crippen LogP contribution in [0.3, 0.4) is 0 Å². The maximum absolute atomic E-state index is 4.46. The molecule has 5 heteroatoms. The molecular weight excluding hydrogens is 238 g/mol. The van der Waals surface area contributed by atoms with Crippen LogP contribution in [0, 0.1) is 5.92 Å². The lowest BCUT2D eigenvalue weighted by Gasteiger charge is -2.35. The van der Waals surface area contributed by atoms with Gasteiger partial charge in [-0.25, -0.2) is 9.97 Å². The van der Waals surface area contributed by atoms with E-state index in [1.807, 2.05) is 0 Å². The molecule has 3 aliphatic rings. The Morgan fingerprint density at radius 3 is 3.05 bits per heavy atom. The first-order chi connectivity index (χ1) is 9.38. The van der Waals surface area contributed by atoms with Crippen LogP contribution >= 0.6 is 0 Å². The van der Waals surface area contributed by atoms with E-state index in [9.17, 15) is 0 Å². The second kappa shape index (κ2) is 4.63. The van der Waals surface area contributed by atoms with Crippen molar-refractivity contribution in [3.05, 3.63) is 12.4 Å². The molecule has 2 atom stereocenters. The molecule has 0 amide bonds. The minimum absolute atomic E-state index is 0.646. The number of fused-ring (bicyclic) bond motifs is 1. The molecule has 4 rings (SSSR count). The van der Waals surface area contributed by atoms with Gasteiger partial charge in [-0.3, -0.25) is 0 Å². The third-order valence-corrected chi connectivity index (χ3v) is 4.56. The van der Waals surface area contributed by atoms with E-state index < -0.39 is 0 Å². The summed E-state index contributed by atoms with van der Waals surface area (Å²) in [5, 5.41) is 7.06. The van der Waals surface area contributed by atoms with E-state index >= 15 is 0 Å². The number of anilines is 2. The molecule has 0 radical (unpaired) electrons. The predicted octanol–water partition coefficient (Wildman–Crippen LogP) is 1.24. The maximum Gasteiger partial charge on any atom is 0.134 e. The third-order valence-electron chi connectivity index (χ3n) is 4.56. The summed E-state index contributed by atoms with van der Waals surface area (Å²) in [6, 6.07) is 3.50. The minimum Gasteiger partial charge on any atom is -0.367 e. The molecule has 2 aliphatic heterocycles. The Balaban J connectivity index is 1.48. The highest BCUT2D eigenvalue weighted by Crippen LogP contribution is 2.29. The number of nitrogens with one attached hydrogen (secondary N) is 2. The molecule has 1 saturated carbocycles. The van der Waals surface area contributed by atoms with Crippen molar-refractivity contribution >= 4 is 11.6 Å². The summed E-state index contributed by atoms with van der Waals surface area (Å²) < 4.78 is 0. The number of aromatic nitrogens is 2. The second-order valence-corrected chi connectivity index (χ2v) is 6.02. The van der Waals surface area contributed by atoms with Crippen LogP contribution in [0.1, 0.15) is 25.7 Å². The molecule has 19 heavy (non-hydrogen) atoms. The van der Waals surface area contributed by atoms with Gasteiger partial charge in [-0.1, -0.05) is 0 Å². The molecule has 3 heterocycles. The van der Waals surface area contributed by atoms with Gasteiger partial charge < -0.3 is 15.5 Å². The number of hydrogen-bond donors (Lipinski definition) is 2. The quantitative estimate of drug-likeness (QED) is 0.855. The lowest BCUT2D eigenvalue weighted by Crippen LogP contribution is -2.44. The standard InChI is InChI=1S/C14H21N5/c1-2-11(1)18-13-7-14(17-9-16-13)19-6-4-12-10(8-19)3-5-15-12/h7,9-12,15H,1-6,8H2,(H,16,17,18). The molecule has 0 aromatic carbocycles. The van der Waals surface area contributed by atoms with Gasteiger partial charge in [-0.2, -0.15) is 0 Å². The number of hydrogen-bond acceptors (Lipinski definition) is 5. The molecule has 1 aliphatic carbocycles. The topological polar surface area (TPSA) is 53.1 Å². The van der Waals surface area contributed by atoms with Gasteiger partial charge in [0.2, 0.25) is 0 Å². The fraction of sp³-hybridized carbons (Fsp3) is 0.714. The van der Waals surface area contributed by atoms with Crippen molar-refractivity contribution in [1.29, 1.82) is 0 Å². The van der Waals surface area contributed by atoms with Gasteiger partial charge in [0.25, 0.3) is 0 Å². The van der Waals surface area contributed by atoms with Crippen molar-refractivity contribution in [3.63, 3.8) is 0 Å². The first-order valence-electron chi connectivity index (χ1n) is 7.45. The zero-order chi connectivity index (χ0) is 12.7. The second-order valence-electron chi connectivity index (χ2n) is 6.02. The first kappa shape index (κ1) is 11.5. The summed E-state index contributed by atoms with van der Waals surface area (Å²) in [6.45, 7) is 3.42. The summed E-state index contributed by atoms with van der Waals surface area (Å²) in [4.78, 5) is 11.2. The van der Waals surface area contributed by atoms with E-state index in [0.717, 1.165) is 36.7 Å². The van der Waals surface area contributed by atoms with Crippen LogP contribution in [0.15, 0.2) is 12.4 Å². The van der Waals surface area contributed by atoms with Crippen LogP contribution in [-0.4, -0.2) is 41.7 Å². The van der Waals surface area contributed by atoms with Crippen molar-refractivity contribution in [2.24, 2.45) is 5.92 Å². The zero-order valence-corrected chi connectivity index (χ0v) is 11.2. The van der Waals surface area contributed by atoms with E-state index in [-0.39, 0.29) is 0 Å². The fourth-order valence-electron chi connectivity index (χ4n) is 3.29. The van der Waals surface area contributed by atoms with Crippen molar-refractivity contribution in [3.8, 4) is 0 Å². The summed E-state index contributed by atoms with van der Waals surface area (Å²) in [7, 11) is 0. The van der Waals surface area contributed by atoms with Crippen molar-refractivity contribution in [2.45, 2.75) is 37.8 Å². The van der Waals surface area contributed by atoms with E-state index in [4.69, 9.17) is 0 Å². The Hall–Kier alpha value is -1.36. The molecule has 3 fully saturated rings. The number of rotatable bonds is 3. The highest BCUT2D eigenvalue weighted by molar-refractivity contribution is 5.49. The van der Waals surface area contributed by atoms with Crippen molar-refractivity contribution in [1.82, 2.24) is 15.3 Å². The Morgan fingerprint density at radius 1 is 1.21 bits per heavy atom. The number of nitrogens with zero attached hydrogens (tertiary/aromatic N) is 3. The van der Waals surface area contributed by atoms with E-state index in [1.165, 1.54) is 32.2 Å². The SMILES string of the molecule is c1nc(NC2CC2)cc(N2CCC3NCCC3C2)n1. The molecule has 2 saturated heterocycles. The molecule has 0 bridgehead atoms. The van der Waals surface area contributed by atoms with Crippen LogP contribution < -0.4 is 15.5 Å². The summed E-state index contributed by atoms with van der Waals surface area (Å²) in [5.41, 5.74) is 0. The van der Waals surface area contributed by atoms with Crippen molar-refractivity contribution < 1.29 is 0 Å². The maximum atomic E-state index is 4.46. The summed E-state index contributed by atoms with van der Waals surface area (Å²) >= 11 is 0. The predicted molar refractivity (Wildman–Crippen MR) is 75.4 cm³/mol. The lowest BCUT2D eigenvalue weighted by molar-refractivity contribution is 0.375. The lowest BCUT2D eigenvalue weighted by atomic mass is 9.93. The van der Waals surface area contributed by atoms with Crippen LogP contribution in [0.25, 0.3) is 0 Å². The molecule has 2 unspecified atom stereocenters. The van der Waals surface area contributed by atoms with Crippen LogP contribution in [0.5, 0.6) is 0 Å². The fourth-order valence-corrected chi connectivity index (χ4v) is 3.29. The van der Waals surface area contributed by atoms with Gasteiger partial charge in [0.05, 0.1) is 0 Å². The average molecular weight is 259 g/mol. The highest BCUT2D eigenvalue weighted by Gasteiger charge is 2.33. The highest BCUT2D eigenvalue weighted by atomic mass is 15.2. The number of piperidine rings is 1. The van der Waals surface area contributed by atoms with Crippen LogP contribution in [-0.2, 0) is 0 Å². The first-order valence-corrected chi connectivity index (χ1v) is 7.45. The van der Waals surface area contributed by atoms with Gasteiger partial charge in [0.1, 0.15) is 18.0 Å². The minimum atomic E-state index is 0.646. The van der Waals surface area contributed by atoms with Crippen LogP contribution in [0.4, 0.5) is 11.6 Å². The largest absolute Gasteiger partial charge is 0.367 e. The normalized spacial score (nSPS) is 30.2. The van der Waals surface area contributed by atoms with E-state index in [1.54, 1.807) is 6.33 Å². The van der Waals surface area contributed by atoms with Gasteiger partial charge in [-0.15, -0.1) is 0 Å². The van der Waals surface area contributed by atoms with Gasteiger partial charge in [0, 0.05) is 31.2 Å². The van der Waals surface area contributed by atoms with E-state index in [2.05, 4.69) is 31.6 Å². The third kappa shape index (κ3) is 2.39. The zero-order valence-electron chi connectivity index (χ0n) is 11.2. The summed E-state index contributed by atoms with van der Waals surface area (Å²) in [5.74, 6) is 2.87. The smallest absolute Gasteiger partial charge is 0.134 e. The monoisotopic (exact) mass is 259 g/mol. The molecule has 2 N–H and O–H groups in total. The van der Waals surface area contributed by atoms with Crippen molar-refractivity contribution in [2.75, 3.05) is 29.9 Å². The Labute approximate surface area is 113 Å². The van der Waals surface area contributed by atoms with Gasteiger partial charge in [-0.05, 0) is 38.1 Å². The van der Waals surface area contributed by atoms with E-state index in [0.29, 0.717) is 6.04 Å². The Kier molecular flexibility index (Phi) is 2.80. The average Bonchev–Trinajstić information content (AvgIpc) is 3.13.